The van der Waals surface area contributed by atoms with Crippen molar-refractivity contribution in [2.75, 3.05) is 0 Å². The highest BCUT2D eigenvalue weighted by atomic mass is 16.4. The van der Waals surface area contributed by atoms with Crippen LogP contribution in [0.1, 0.15) is 46.5 Å². The summed E-state index contributed by atoms with van der Waals surface area (Å²) in [5, 5.41) is 27.5. The van der Waals surface area contributed by atoms with E-state index in [-0.39, 0.29) is 6.42 Å². The van der Waals surface area contributed by atoms with E-state index in [1.807, 2.05) is 19.9 Å². The zero-order chi connectivity index (χ0) is 16.5. The van der Waals surface area contributed by atoms with E-state index in [1.165, 1.54) is 13.0 Å². The standard InChI is InChI=1S/C16H24O5/c1-12(2)6-4-7-13(15(19)20)8-5-10-16(3,21)11-9-14(17)18/h6,8-9,11,21H,4-5,7,10H2,1-3H3,(H,17,18)(H,19,20)/b11-9+,13-8+. The van der Waals surface area contributed by atoms with E-state index in [0.29, 0.717) is 24.8 Å². The van der Waals surface area contributed by atoms with Gasteiger partial charge in [0.1, 0.15) is 0 Å². The maximum atomic E-state index is 11.1. The maximum Gasteiger partial charge on any atom is 0.331 e. The maximum absolute atomic E-state index is 11.1. The highest BCUT2D eigenvalue weighted by Crippen LogP contribution is 2.17. The zero-order valence-electron chi connectivity index (χ0n) is 12.8. The fourth-order valence-electron chi connectivity index (χ4n) is 1.69. The third kappa shape index (κ3) is 10.6. The van der Waals surface area contributed by atoms with Gasteiger partial charge in [0.05, 0.1) is 5.60 Å². The molecule has 0 aromatic carbocycles. The van der Waals surface area contributed by atoms with Gasteiger partial charge in [-0.05, 0) is 52.5 Å². The molecule has 0 rings (SSSR count). The van der Waals surface area contributed by atoms with Gasteiger partial charge < -0.3 is 15.3 Å². The largest absolute Gasteiger partial charge is 0.478 e. The van der Waals surface area contributed by atoms with Crippen LogP contribution in [0.5, 0.6) is 0 Å². The van der Waals surface area contributed by atoms with Crippen molar-refractivity contribution in [3.8, 4) is 0 Å². The van der Waals surface area contributed by atoms with Crippen molar-refractivity contribution in [1.29, 1.82) is 0 Å². The van der Waals surface area contributed by atoms with Gasteiger partial charge in [0.2, 0.25) is 0 Å². The number of allylic oxidation sites excluding steroid dienone is 3. The third-order valence-corrected chi connectivity index (χ3v) is 2.87. The predicted molar refractivity (Wildman–Crippen MR) is 81.0 cm³/mol. The lowest BCUT2D eigenvalue weighted by atomic mass is 9.98. The monoisotopic (exact) mass is 296 g/mol. The third-order valence-electron chi connectivity index (χ3n) is 2.87. The van der Waals surface area contributed by atoms with Crippen LogP contribution in [0.4, 0.5) is 0 Å². The van der Waals surface area contributed by atoms with Gasteiger partial charge in [-0.25, -0.2) is 9.59 Å². The van der Waals surface area contributed by atoms with Crippen LogP contribution in [-0.4, -0.2) is 32.9 Å². The fraction of sp³-hybridized carbons (Fsp3) is 0.500. The Morgan fingerprint density at radius 2 is 1.71 bits per heavy atom. The van der Waals surface area contributed by atoms with Crippen molar-refractivity contribution in [1.82, 2.24) is 0 Å². The van der Waals surface area contributed by atoms with Crippen molar-refractivity contribution in [3.05, 3.63) is 35.5 Å². The summed E-state index contributed by atoms with van der Waals surface area (Å²) in [6, 6.07) is 0. The number of carboxylic acid groups (broad SMARTS) is 2. The number of hydrogen-bond acceptors (Lipinski definition) is 3. The zero-order valence-corrected chi connectivity index (χ0v) is 12.8. The Labute approximate surface area is 125 Å². The summed E-state index contributed by atoms with van der Waals surface area (Å²) in [6.07, 6.45) is 7.38. The number of carbonyl (C=O) groups is 2. The summed E-state index contributed by atoms with van der Waals surface area (Å²) in [6.45, 7) is 5.40. The Morgan fingerprint density at radius 3 is 2.19 bits per heavy atom. The Balaban J connectivity index is 4.54. The van der Waals surface area contributed by atoms with E-state index in [4.69, 9.17) is 10.2 Å². The first-order valence-electron chi connectivity index (χ1n) is 6.84. The fourth-order valence-corrected chi connectivity index (χ4v) is 1.69. The summed E-state index contributed by atoms with van der Waals surface area (Å²) >= 11 is 0. The van der Waals surface area contributed by atoms with Crippen LogP contribution in [0.25, 0.3) is 0 Å². The van der Waals surface area contributed by atoms with Gasteiger partial charge in [0.25, 0.3) is 0 Å². The Morgan fingerprint density at radius 1 is 1.10 bits per heavy atom. The average Bonchev–Trinajstić information content (AvgIpc) is 2.34. The SMILES string of the molecule is CC(C)=CCC/C(=C\CCC(C)(O)/C=C/C(=O)O)C(=O)O. The summed E-state index contributed by atoms with van der Waals surface area (Å²) in [7, 11) is 0. The highest BCUT2D eigenvalue weighted by Gasteiger charge is 2.16. The molecule has 0 saturated heterocycles. The number of rotatable bonds is 9. The Hall–Kier alpha value is -1.88. The highest BCUT2D eigenvalue weighted by molar-refractivity contribution is 5.86. The van der Waals surface area contributed by atoms with Gasteiger partial charge in [-0.1, -0.05) is 17.7 Å². The first-order chi connectivity index (χ1) is 9.64. The minimum atomic E-state index is -1.27. The van der Waals surface area contributed by atoms with Crippen LogP contribution in [0.15, 0.2) is 35.5 Å². The first-order valence-corrected chi connectivity index (χ1v) is 6.84. The number of hydrogen-bond donors (Lipinski definition) is 3. The molecule has 0 fully saturated rings. The molecule has 0 aliphatic carbocycles. The average molecular weight is 296 g/mol. The van der Waals surface area contributed by atoms with Gasteiger partial charge in [-0.3, -0.25) is 0 Å². The van der Waals surface area contributed by atoms with Gasteiger partial charge >= 0.3 is 11.9 Å². The van der Waals surface area contributed by atoms with Crippen LogP contribution in [0.3, 0.4) is 0 Å². The minimum Gasteiger partial charge on any atom is -0.478 e. The van der Waals surface area contributed by atoms with E-state index in [0.717, 1.165) is 11.6 Å². The van der Waals surface area contributed by atoms with Crippen molar-refractivity contribution in [2.24, 2.45) is 0 Å². The molecule has 0 bridgehead atoms. The number of aliphatic carboxylic acids is 2. The van der Waals surface area contributed by atoms with Crippen LogP contribution in [-0.2, 0) is 9.59 Å². The minimum absolute atomic E-state index is 0.260. The van der Waals surface area contributed by atoms with Crippen LogP contribution >= 0.6 is 0 Å². The van der Waals surface area contributed by atoms with Gasteiger partial charge in [0, 0.05) is 11.6 Å². The van der Waals surface area contributed by atoms with Crippen molar-refractivity contribution in [2.45, 2.75) is 52.1 Å². The molecule has 21 heavy (non-hydrogen) atoms. The summed E-state index contributed by atoms with van der Waals surface area (Å²) in [5.41, 5.74) is 0.185. The molecule has 0 aliphatic rings. The predicted octanol–water partition coefficient (Wildman–Crippen LogP) is 2.92. The molecule has 0 amide bonds. The Kier molecular flexibility index (Phi) is 8.31. The number of carboxylic acids is 2. The normalized spacial score (nSPS) is 14.8. The molecular weight excluding hydrogens is 272 g/mol. The topological polar surface area (TPSA) is 94.8 Å². The molecular formula is C16H24O5. The quantitative estimate of drug-likeness (QED) is 0.449. The molecule has 0 spiro atoms. The van der Waals surface area contributed by atoms with E-state index in [9.17, 15) is 14.7 Å². The first kappa shape index (κ1) is 19.1. The summed E-state index contributed by atoms with van der Waals surface area (Å²) in [4.78, 5) is 21.5. The van der Waals surface area contributed by atoms with E-state index in [2.05, 4.69) is 0 Å². The molecule has 3 N–H and O–H groups in total. The molecule has 1 unspecified atom stereocenters. The second kappa shape index (κ2) is 9.13. The molecule has 118 valence electrons. The van der Waals surface area contributed by atoms with Gasteiger partial charge in [0.15, 0.2) is 0 Å². The lowest BCUT2D eigenvalue weighted by Gasteiger charge is -2.17. The lowest BCUT2D eigenvalue weighted by molar-refractivity contribution is -0.133. The van der Waals surface area contributed by atoms with Crippen LogP contribution in [0, 0.1) is 0 Å². The van der Waals surface area contributed by atoms with Gasteiger partial charge in [-0.15, -0.1) is 0 Å². The molecule has 0 heterocycles. The molecule has 0 aromatic heterocycles. The van der Waals surface area contributed by atoms with E-state index >= 15 is 0 Å². The van der Waals surface area contributed by atoms with Crippen LogP contribution in [0.2, 0.25) is 0 Å². The second-order valence-corrected chi connectivity index (χ2v) is 5.42. The lowest BCUT2D eigenvalue weighted by Crippen LogP contribution is -2.20. The molecule has 0 aromatic rings. The van der Waals surface area contributed by atoms with Gasteiger partial charge in [-0.2, -0.15) is 0 Å². The summed E-state index contributed by atoms with van der Waals surface area (Å²) < 4.78 is 0. The molecule has 5 heteroatoms. The summed E-state index contributed by atoms with van der Waals surface area (Å²) in [5.74, 6) is -2.09. The van der Waals surface area contributed by atoms with E-state index in [1.54, 1.807) is 6.08 Å². The van der Waals surface area contributed by atoms with Crippen molar-refractivity contribution >= 4 is 11.9 Å². The number of aliphatic hydroxyl groups is 1. The molecule has 0 radical (unpaired) electrons. The van der Waals surface area contributed by atoms with Crippen LogP contribution < -0.4 is 0 Å². The van der Waals surface area contributed by atoms with Crippen molar-refractivity contribution in [3.63, 3.8) is 0 Å². The second-order valence-electron chi connectivity index (χ2n) is 5.42. The molecule has 1 atom stereocenters. The smallest absolute Gasteiger partial charge is 0.331 e. The molecule has 0 aliphatic heterocycles. The Bertz CT molecular complexity index is 451. The van der Waals surface area contributed by atoms with Crippen molar-refractivity contribution < 1.29 is 24.9 Å². The molecule has 0 saturated carbocycles. The molecule has 5 nitrogen and oxygen atoms in total. The van der Waals surface area contributed by atoms with E-state index < -0.39 is 17.5 Å².